The first-order chi connectivity index (χ1) is 10.7. The molecule has 0 bridgehead atoms. The van der Waals surface area contributed by atoms with E-state index in [1.807, 2.05) is 30.3 Å². The minimum atomic E-state index is -1.10. The summed E-state index contributed by atoms with van der Waals surface area (Å²) in [7, 11) is 1.46. The maximum atomic E-state index is 12.5. The summed E-state index contributed by atoms with van der Waals surface area (Å²) in [5.74, 6) is -0.992. The van der Waals surface area contributed by atoms with Crippen molar-refractivity contribution >= 4 is 24.1 Å². The summed E-state index contributed by atoms with van der Waals surface area (Å²) in [6.07, 6.45) is -0.662. The van der Waals surface area contributed by atoms with Gasteiger partial charge in [0, 0.05) is 6.54 Å². The molecular formula is C16H23NO5S. The molecule has 1 N–H and O–H groups in total. The Balaban J connectivity index is 3.02. The molecule has 6 nitrogen and oxygen atoms in total. The van der Waals surface area contributed by atoms with Crippen LogP contribution in [0.25, 0.3) is 0 Å². The van der Waals surface area contributed by atoms with Crippen molar-refractivity contribution in [2.75, 3.05) is 12.9 Å². The average molecular weight is 341 g/mol. The zero-order valence-corrected chi connectivity index (χ0v) is 14.6. The first-order valence-electron chi connectivity index (χ1n) is 7.16. The van der Waals surface area contributed by atoms with E-state index in [4.69, 9.17) is 8.92 Å². The summed E-state index contributed by atoms with van der Waals surface area (Å²) in [4.78, 5) is 25.3. The Morgan fingerprint density at radius 2 is 1.87 bits per heavy atom. The third-order valence-electron chi connectivity index (χ3n) is 2.83. The van der Waals surface area contributed by atoms with Crippen molar-refractivity contribution < 1.29 is 23.6 Å². The molecule has 0 radical (unpaired) electrons. The minimum absolute atomic E-state index is 0.109. The fourth-order valence-electron chi connectivity index (χ4n) is 1.83. The highest BCUT2D eigenvalue weighted by Crippen LogP contribution is 2.18. The third-order valence-corrected chi connectivity index (χ3v) is 3.52. The Hall–Kier alpha value is -1.73. The van der Waals surface area contributed by atoms with Gasteiger partial charge >= 0.3 is 12.1 Å². The lowest BCUT2D eigenvalue weighted by molar-refractivity contribution is -0.142. The number of amides is 1. The summed E-state index contributed by atoms with van der Waals surface area (Å²) in [5, 5.41) is 9.48. The highest BCUT2D eigenvalue weighted by Gasteiger charge is 2.33. The smallest absolute Gasteiger partial charge is 0.411 e. The predicted octanol–water partition coefficient (Wildman–Crippen LogP) is 3.17. The Kier molecular flexibility index (Phi) is 7.38. The maximum Gasteiger partial charge on any atom is 0.411 e. The van der Waals surface area contributed by atoms with E-state index in [1.54, 1.807) is 20.8 Å². The van der Waals surface area contributed by atoms with Crippen LogP contribution in [0.4, 0.5) is 4.79 Å². The summed E-state index contributed by atoms with van der Waals surface area (Å²) in [5.41, 5.74) is 0.121. The molecule has 1 amide bonds. The molecule has 0 aliphatic carbocycles. The molecule has 0 saturated carbocycles. The molecule has 0 aliphatic heterocycles. The van der Waals surface area contributed by atoms with E-state index in [2.05, 4.69) is 0 Å². The normalized spacial score (nSPS) is 12.5. The van der Waals surface area contributed by atoms with Crippen molar-refractivity contribution in [1.82, 2.24) is 4.90 Å². The minimum Gasteiger partial charge on any atom is -0.480 e. The topological polar surface area (TPSA) is 76.1 Å². The maximum absolute atomic E-state index is 12.5. The second-order valence-corrected chi connectivity index (χ2v) is 6.80. The standard InChI is InChI=1S/C16H23NO5S/c1-16(2,3)22-15(20)17(10-12-8-6-5-7-9-12)13(14(18)19)11-23-21-4/h5-9,13H,10-11H2,1-4H3,(H,18,19)/t13-/m1/s1. The second kappa shape index (κ2) is 8.79. The van der Waals surface area contributed by atoms with Gasteiger partial charge in [-0.3, -0.25) is 4.90 Å². The summed E-state index contributed by atoms with van der Waals surface area (Å²) in [6.45, 7) is 5.37. The Bertz CT molecular complexity index is 515. The molecule has 128 valence electrons. The van der Waals surface area contributed by atoms with Crippen molar-refractivity contribution in [3.05, 3.63) is 35.9 Å². The SMILES string of the molecule is COSC[C@H](C(=O)O)N(Cc1ccccc1)C(=O)OC(C)(C)C. The largest absolute Gasteiger partial charge is 0.480 e. The van der Waals surface area contributed by atoms with Crippen LogP contribution < -0.4 is 0 Å². The van der Waals surface area contributed by atoms with Gasteiger partial charge < -0.3 is 14.0 Å². The van der Waals surface area contributed by atoms with Gasteiger partial charge in [-0.15, -0.1) is 0 Å². The van der Waals surface area contributed by atoms with Crippen LogP contribution >= 0.6 is 12.0 Å². The zero-order valence-electron chi connectivity index (χ0n) is 13.8. The number of ether oxygens (including phenoxy) is 1. The molecule has 0 heterocycles. The van der Waals surface area contributed by atoms with Gasteiger partial charge in [-0.1, -0.05) is 30.3 Å². The molecule has 0 aliphatic rings. The van der Waals surface area contributed by atoms with Gasteiger partial charge in [0.05, 0.1) is 12.9 Å². The van der Waals surface area contributed by atoms with E-state index in [-0.39, 0.29) is 12.3 Å². The fourth-order valence-corrected chi connectivity index (χ4v) is 2.42. The van der Waals surface area contributed by atoms with Gasteiger partial charge in [-0.05, 0) is 38.4 Å². The molecule has 1 rings (SSSR count). The molecule has 0 saturated heterocycles. The van der Waals surface area contributed by atoms with E-state index < -0.39 is 23.7 Å². The Morgan fingerprint density at radius 1 is 1.26 bits per heavy atom. The second-order valence-electron chi connectivity index (χ2n) is 5.90. The first kappa shape index (κ1) is 19.3. The number of carbonyl (C=O) groups excluding carboxylic acids is 1. The summed E-state index contributed by atoms with van der Waals surface area (Å²) in [6, 6.07) is 8.15. The lowest BCUT2D eigenvalue weighted by Crippen LogP contribution is -2.48. The predicted molar refractivity (Wildman–Crippen MR) is 89.1 cm³/mol. The van der Waals surface area contributed by atoms with Crippen LogP contribution in [-0.2, 0) is 20.3 Å². The number of nitrogens with zero attached hydrogens (tertiary/aromatic N) is 1. The van der Waals surface area contributed by atoms with Gasteiger partial charge in [-0.25, -0.2) is 9.59 Å². The van der Waals surface area contributed by atoms with E-state index in [1.165, 1.54) is 12.0 Å². The molecule has 1 aromatic rings. The highest BCUT2D eigenvalue weighted by atomic mass is 32.2. The van der Waals surface area contributed by atoms with Crippen LogP contribution in [0.2, 0.25) is 0 Å². The van der Waals surface area contributed by atoms with Crippen LogP contribution in [0.1, 0.15) is 26.3 Å². The molecule has 0 unspecified atom stereocenters. The highest BCUT2D eigenvalue weighted by molar-refractivity contribution is 7.94. The van der Waals surface area contributed by atoms with Crippen molar-refractivity contribution in [1.29, 1.82) is 0 Å². The van der Waals surface area contributed by atoms with Crippen LogP contribution in [0.15, 0.2) is 30.3 Å². The number of benzene rings is 1. The molecular weight excluding hydrogens is 318 g/mol. The van der Waals surface area contributed by atoms with Crippen molar-refractivity contribution in [3.8, 4) is 0 Å². The fraction of sp³-hybridized carbons (Fsp3) is 0.500. The van der Waals surface area contributed by atoms with Crippen molar-refractivity contribution in [2.24, 2.45) is 0 Å². The number of hydrogen-bond acceptors (Lipinski definition) is 5. The lowest BCUT2D eigenvalue weighted by atomic mass is 10.2. The van der Waals surface area contributed by atoms with Gasteiger partial charge in [0.25, 0.3) is 0 Å². The van der Waals surface area contributed by atoms with Gasteiger partial charge in [0.1, 0.15) is 11.6 Å². The van der Waals surface area contributed by atoms with Crippen LogP contribution in [0, 0.1) is 0 Å². The molecule has 1 atom stereocenters. The number of carboxylic acid groups (broad SMARTS) is 1. The van der Waals surface area contributed by atoms with Gasteiger partial charge in [0.2, 0.25) is 0 Å². The van der Waals surface area contributed by atoms with Gasteiger partial charge in [0.15, 0.2) is 0 Å². The quantitative estimate of drug-likeness (QED) is 0.768. The molecule has 1 aromatic carbocycles. The number of aliphatic carboxylic acids is 1. The molecule has 23 heavy (non-hydrogen) atoms. The van der Waals surface area contributed by atoms with E-state index in [9.17, 15) is 14.7 Å². The third kappa shape index (κ3) is 6.92. The molecule has 0 fully saturated rings. The lowest BCUT2D eigenvalue weighted by Gasteiger charge is -2.31. The molecule has 0 aromatic heterocycles. The van der Waals surface area contributed by atoms with Gasteiger partial charge in [-0.2, -0.15) is 0 Å². The number of rotatable bonds is 7. The van der Waals surface area contributed by atoms with Crippen molar-refractivity contribution in [2.45, 2.75) is 39.0 Å². The molecule has 7 heteroatoms. The van der Waals surface area contributed by atoms with Crippen molar-refractivity contribution in [3.63, 3.8) is 0 Å². The molecule has 0 spiro atoms. The zero-order chi connectivity index (χ0) is 17.5. The summed E-state index contributed by atoms with van der Waals surface area (Å²) < 4.78 is 10.2. The van der Waals surface area contributed by atoms with E-state index >= 15 is 0 Å². The Morgan fingerprint density at radius 3 is 2.35 bits per heavy atom. The van der Waals surface area contributed by atoms with E-state index in [0.717, 1.165) is 17.6 Å². The monoisotopic (exact) mass is 341 g/mol. The first-order valence-corrected chi connectivity index (χ1v) is 8.07. The Labute approximate surface area is 141 Å². The summed E-state index contributed by atoms with van der Waals surface area (Å²) >= 11 is 0.989. The number of carboxylic acids is 1. The van der Waals surface area contributed by atoms with Crippen LogP contribution in [0.5, 0.6) is 0 Å². The number of hydrogen-bond donors (Lipinski definition) is 1. The van der Waals surface area contributed by atoms with Crippen LogP contribution in [-0.4, -0.2) is 46.6 Å². The average Bonchev–Trinajstić information content (AvgIpc) is 2.45. The number of carbonyl (C=O) groups is 2. The van der Waals surface area contributed by atoms with E-state index in [0.29, 0.717) is 0 Å². The van der Waals surface area contributed by atoms with Crippen LogP contribution in [0.3, 0.4) is 0 Å².